The molecule has 0 radical (unpaired) electrons. The SMILES string of the molecule is CCOC(=O)c1cccc(OCCC2CCCCN2)c1.Cl. The van der Waals surface area contributed by atoms with E-state index in [0.29, 0.717) is 24.8 Å². The average molecular weight is 314 g/mol. The van der Waals surface area contributed by atoms with E-state index in [4.69, 9.17) is 9.47 Å². The van der Waals surface area contributed by atoms with Crippen molar-refractivity contribution in [3.63, 3.8) is 0 Å². The molecule has 1 fully saturated rings. The van der Waals surface area contributed by atoms with Gasteiger partial charge in [-0.3, -0.25) is 0 Å². The lowest BCUT2D eigenvalue weighted by molar-refractivity contribution is 0.0526. The predicted octanol–water partition coefficient (Wildman–Crippen LogP) is 3.20. The van der Waals surface area contributed by atoms with Crippen LogP contribution in [0.15, 0.2) is 24.3 Å². The molecule has 1 atom stereocenters. The summed E-state index contributed by atoms with van der Waals surface area (Å²) in [6, 6.07) is 7.74. The Morgan fingerprint density at radius 3 is 2.95 bits per heavy atom. The van der Waals surface area contributed by atoms with Crippen molar-refractivity contribution in [2.45, 2.75) is 38.6 Å². The summed E-state index contributed by atoms with van der Waals surface area (Å²) >= 11 is 0. The Morgan fingerprint density at radius 1 is 1.38 bits per heavy atom. The summed E-state index contributed by atoms with van der Waals surface area (Å²) in [4.78, 5) is 11.6. The first-order chi connectivity index (χ1) is 9.79. The summed E-state index contributed by atoms with van der Waals surface area (Å²) in [6.07, 6.45) is 4.81. The Morgan fingerprint density at radius 2 is 2.24 bits per heavy atom. The molecule has 1 saturated heterocycles. The van der Waals surface area contributed by atoms with Crippen LogP contribution in [0.2, 0.25) is 0 Å². The largest absolute Gasteiger partial charge is 0.494 e. The zero-order chi connectivity index (χ0) is 14.2. The van der Waals surface area contributed by atoms with Crippen LogP contribution >= 0.6 is 12.4 Å². The average Bonchev–Trinajstić information content (AvgIpc) is 2.49. The number of hydrogen-bond acceptors (Lipinski definition) is 4. The zero-order valence-electron chi connectivity index (χ0n) is 12.5. The molecule has 0 saturated carbocycles. The summed E-state index contributed by atoms with van der Waals surface area (Å²) in [5, 5.41) is 3.50. The van der Waals surface area contributed by atoms with Crippen LogP contribution in [0.4, 0.5) is 0 Å². The fraction of sp³-hybridized carbons (Fsp3) is 0.562. The molecule has 1 aliphatic rings. The minimum atomic E-state index is -0.299. The van der Waals surface area contributed by atoms with Crippen LogP contribution in [-0.4, -0.2) is 31.8 Å². The third-order valence-corrected chi connectivity index (χ3v) is 3.49. The van der Waals surface area contributed by atoms with Crippen molar-refractivity contribution >= 4 is 18.4 Å². The molecule has 1 unspecified atom stereocenters. The third-order valence-electron chi connectivity index (χ3n) is 3.49. The predicted molar refractivity (Wildman–Crippen MR) is 85.4 cm³/mol. The Balaban J connectivity index is 0.00000220. The van der Waals surface area contributed by atoms with Gasteiger partial charge in [-0.05, 0) is 50.9 Å². The summed E-state index contributed by atoms with van der Waals surface area (Å²) in [6.45, 7) is 3.97. The van der Waals surface area contributed by atoms with Gasteiger partial charge in [0.2, 0.25) is 0 Å². The van der Waals surface area contributed by atoms with Gasteiger partial charge in [0.15, 0.2) is 0 Å². The van der Waals surface area contributed by atoms with E-state index in [2.05, 4.69) is 5.32 Å². The van der Waals surface area contributed by atoms with Crippen molar-refractivity contribution in [2.24, 2.45) is 0 Å². The summed E-state index contributed by atoms with van der Waals surface area (Å²) in [5.74, 6) is 0.429. The molecule has 0 amide bonds. The van der Waals surface area contributed by atoms with Crippen molar-refractivity contribution in [3.05, 3.63) is 29.8 Å². The number of rotatable bonds is 6. The van der Waals surface area contributed by atoms with E-state index < -0.39 is 0 Å². The minimum absolute atomic E-state index is 0. The second kappa shape index (κ2) is 9.64. The number of nitrogens with one attached hydrogen (secondary N) is 1. The van der Waals surface area contributed by atoms with Crippen molar-refractivity contribution in [2.75, 3.05) is 19.8 Å². The molecule has 0 aliphatic carbocycles. The fourth-order valence-electron chi connectivity index (χ4n) is 2.42. The lowest BCUT2D eigenvalue weighted by Gasteiger charge is -2.23. The first kappa shape index (κ1) is 17.8. The first-order valence-corrected chi connectivity index (χ1v) is 7.43. The van der Waals surface area contributed by atoms with Crippen molar-refractivity contribution in [1.29, 1.82) is 0 Å². The number of benzene rings is 1. The molecular weight excluding hydrogens is 290 g/mol. The van der Waals surface area contributed by atoms with Crippen LogP contribution in [0.25, 0.3) is 0 Å². The molecule has 0 aromatic heterocycles. The maximum atomic E-state index is 11.6. The van der Waals surface area contributed by atoms with Gasteiger partial charge in [0, 0.05) is 6.04 Å². The maximum absolute atomic E-state index is 11.6. The number of carbonyl (C=O) groups is 1. The lowest BCUT2D eigenvalue weighted by atomic mass is 10.0. The molecule has 1 aromatic carbocycles. The van der Waals surface area contributed by atoms with Crippen molar-refractivity contribution < 1.29 is 14.3 Å². The number of hydrogen-bond donors (Lipinski definition) is 1. The molecule has 4 nitrogen and oxygen atoms in total. The fourth-order valence-corrected chi connectivity index (χ4v) is 2.42. The normalized spacial score (nSPS) is 17.7. The Hall–Kier alpha value is -1.26. The van der Waals surface area contributed by atoms with Crippen LogP contribution in [0.1, 0.15) is 43.0 Å². The Kier molecular flexibility index (Phi) is 8.16. The van der Waals surface area contributed by atoms with Gasteiger partial charge >= 0.3 is 5.97 Å². The van der Waals surface area contributed by atoms with E-state index in [1.807, 2.05) is 12.1 Å². The van der Waals surface area contributed by atoms with Crippen LogP contribution in [0, 0.1) is 0 Å². The van der Waals surface area contributed by atoms with Gasteiger partial charge < -0.3 is 14.8 Å². The maximum Gasteiger partial charge on any atom is 0.338 e. The number of halogens is 1. The highest BCUT2D eigenvalue weighted by atomic mass is 35.5. The van der Waals surface area contributed by atoms with E-state index in [-0.39, 0.29) is 18.4 Å². The van der Waals surface area contributed by atoms with E-state index in [9.17, 15) is 4.79 Å². The van der Waals surface area contributed by atoms with E-state index in [1.165, 1.54) is 19.3 Å². The van der Waals surface area contributed by atoms with E-state index in [0.717, 1.165) is 18.7 Å². The molecule has 5 heteroatoms. The van der Waals surface area contributed by atoms with Crippen molar-refractivity contribution in [1.82, 2.24) is 5.32 Å². The van der Waals surface area contributed by atoms with Gasteiger partial charge in [-0.25, -0.2) is 4.79 Å². The molecular formula is C16H24ClNO3. The van der Waals surface area contributed by atoms with Gasteiger partial charge in [0.25, 0.3) is 0 Å². The zero-order valence-corrected chi connectivity index (χ0v) is 13.3. The van der Waals surface area contributed by atoms with E-state index in [1.54, 1.807) is 19.1 Å². The standard InChI is InChI=1S/C16H23NO3.ClH/c1-2-19-16(18)13-6-5-8-15(12-13)20-11-9-14-7-3-4-10-17-14;/h5-6,8,12,14,17H,2-4,7,9-11H2,1H3;1H. The molecule has 21 heavy (non-hydrogen) atoms. The van der Waals surface area contributed by atoms with Gasteiger partial charge in [-0.2, -0.15) is 0 Å². The van der Waals surface area contributed by atoms with Crippen molar-refractivity contribution in [3.8, 4) is 5.75 Å². The van der Waals surface area contributed by atoms with Crippen LogP contribution in [0.5, 0.6) is 5.75 Å². The molecule has 1 heterocycles. The molecule has 2 rings (SSSR count). The molecule has 1 N–H and O–H groups in total. The Bertz CT molecular complexity index is 433. The Labute approximate surface area is 132 Å². The van der Waals surface area contributed by atoms with Gasteiger partial charge in [0.1, 0.15) is 5.75 Å². The van der Waals surface area contributed by atoms with Gasteiger partial charge in [0.05, 0.1) is 18.8 Å². The van der Waals surface area contributed by atoms with Gasteiger partial charge in [-0.15, -0.1) is 12.4 Å². The summed E-state index contributed by atoms with van der Waals surface area (Å²) in [7, 11) is 0. The van der Waals surface area contributed by atoms with E-state index >= 15 is 0 Å². The highest BCUT2D eigenvalue weighted by molar-refractivity contribution is 5.89. The monoisotopic (exact) mass is 313 g/mol. The third kappa shape index (κ3) is 5.94. The molecule has 1 aliphatic heterocycles. The molecule has 0 spiro atoms. The highest BCUT2D eigenvalue weighted by Gasteiger charge is 2.12. The molecule has 118 valence electrons. The second-order valence-corrected chi connectivity index (χ2v) is 5.03. The molecule has 1 aromatic rings. The topological polar surface area (TPSA) is 47.6 Å². The smallest absolute Gasteiger partial charge is 0.338 e. The summed E-state index contributed by atoms with van der Waals surface area (Å²) < 4.78 is 10.7. The number of esters is 1. The number of carbonyl (C=O) groups excluding carboxylic acids is 1. The number of piperidine rings is 1. The van der Waals surface area contributed by atoms with Crippen LogP contribution in [0.3, 0.4) is 0 Å². The first-order valence-electron chi connectivity index (χ1n) is 7.43. The second-order valence-electron chi connectivity index (χ2n) is 5.03. The van der Waals surface area contributed by atoms with Crippen LogP contribution < -0.4 is 10.1 Å². The summed E-state index contributed by atoms with van der Waals surface area (Å²) in [5.41, 5.74) is 0.542. The van der Waals surface area contributed by atoms with Gasteiger partial charge in [-0.1, -0.05) is 12.5 Å². The van der Waals surface area contributed by atoms with Crippen LogP contribution in [-0.2, 0) is 4.74 Å². The molecule has 0 bridgehead atoms. The quantitative estimate of drug-likeness (QED) is 0.819. The highest BCUT2D eigenvalue weighted by Crippen LogP contribution is 2.16. The minimum Gasteiger partial charge on any atom is -0.494 e. The number of ether oxygens (including phenoxy) is 2. The lowest BCUT2D eigenvalue weighted by Crippen LogP contribution is -2.35.